The van der Waals surface area contributed by atoms with Crippen LogP contribution in [0.4, 0.5) is 17.6 Å². The number of rotatable bonds is 8. The predicted octanol–water partition coefficient (Wildman–Crippen LogP) is 9.53. The van der Waals surface area contributed by atoms with Crippen molar-refractivity contribution in [1.82, 2.24) is 0 Å². The zero-order chi connectivity index (χ0) is 24.8. The van der Waals surface area contributed by atoms with Crippen molar-refractivity contribution >= 4 is 0 Å². The SMILES string of the molecule is CCCCOc1ccc(-c2ccc(-c3ccc(C4CCC(C=C(F)F)CC4)cc3)cc2)c(F)c1F. The van der Waals surface area contributed by atoms with Crippen molar-refractivity contribution < 1.29 is 22.3 Å². The minimum absolute atomic E-state index is 0.0165. The lowest BCUT2D eigenvalue weighted by atomic mass is 9.78. The Hall–Kier alpha value is -3.08. The lowest BCUT2D eigenvalue weighted by Crippen LogP contribution is -2.11. The Bertz CT molecular complexity index is 1140. The summed E-state index contributed by atoms with van der Waals surface area (Å²) >= 11 is 0. The molecule has 1 nitrogen and oxygen atoms in total. The van der Waals surface area contributed by atoms with Crippen LogP contribution in [0.3, 0.4) is 0 Å². The molecule has 0 atom stereocenters. The topological polar surface area (TPSA) is 9.23 Å². The number of unbranched alkanes of at least 4 members (excludes halogenated alkanes) is 1. The molecule has 0 amide bonds. The van der Waals surface area contributed by atoms with Crippen molar-refractivity contribution in [2.45, 2.75) is 51.4 Å². The van der Waals surface area contributed by atoms with Gasteiger partial charge in [-0.15, -0.1) is 0 Å². The van der Waals surface area contributed by atoms with Gasteiger partial charge < -0.3 is 4.74 Å². The number of ether oxygens (including phenoxy) is 1. The van der Waals surface area contributed by atoms with Crippen LogP contribution in [0.1, 0.15) is 56.9 Å². The third-order valence-corrected chi connectivity index (χ3v) is 6.85. The molecule has 35 heavy (non-hydrogen) atoms. The van der Waals surface area contributed by atoms with E-state index in [2.05, 4.69) is 24.3 Å². The summed E-state index contributed by atoms with van der Waals surface area (Å²) in [6, 6.07) is 18.7. The molecule has 0 bridgehead atoms. The second-order valence-corrected chi connectivity index (χ2v) is 9.21. The van der Waals surface area contributed by atoms with Crippen LogP contribution in [-0.4, -0.2) is 6.61 Å². The van der Waals surface area contributed by atoms with Gasteiger partial charge >= 0.3 is 0 Å². The van der Waals surface area contributed by atoms with Crippen LogP contribution in [-0.2, 0) is 0 Å². The predicted molar refractivity (Wildman–Crippen MR) is 133 cm³/mol. The standard InChI is InChI=1S/C30H30F4O/c1-2-3-18-35-27-17-16-26(29(33)30(27)34)25-14-12-24(13-15-25)23-10-8-22(9-11-23)21-6-4-20(5-7-21)19-28(31)32/h8-17,19-21H,2-7,18H2,1H3. The van der Waals surface area contributed by atoms with Crippen LogP contribution in [0.15, 0.2) is 72.8 Å². The Morgan fingerprint density at radius 3 is 2.00 bits per heavy atom. The monoisotopic (exact) mass is 482 g/mol. The lowest BCUT2D eigenvalue weighted by molar-refractivity contribution is 0.289. The van der Waals surface area contributed by atoms with E-state index in [0.29, 0.717) is 18.1 Å². The van der Waals surface area contributed by atoms with Crippen molar-refractivity contribution in [3.8, 4) is 28.0 Å². The van der Waals surface area contributed by atoms with Crippen molar-refractivity contribution in [3.63, 3.8) is 0 Å². The van der Waals surface area contributed by atoms with E-state index in [1.807, 2.05) is 19.1 Å². The van der Waals surface area contributed by atoms with Gasteiger partial charge in [0.25, 0.3) is 6.08 Å². The molecule has 1 aliphatic carbocycles. The van der Waals surface area contributed by atoms with Gasteiger partial charge in [-0.1, -0.05) is 61.9 Å². The fourth-order valence-electron chi connectivity index (χ4n) is 4.78. The molecule has 5 heteroatoms. The largest absolute Gasteiger partial charge is 0.490 e. The average Bonchev–Trinajstić information content (AvgIpc) is 2.87. The minimum atomic E-state index is -1.58. The average molecular weight is 483 g/mol. The first kappa shape index (κ1) is 25.0. The smallest absolute Gasteiger partial charge is 0.266 e. The Morgan fingerprint density at radius 2 is 1.40 bits per heavy atom. The highest BCUT2D eigenvalue weighted by molar-refractivity contribution is 5.71. The second kappa shape index (κ2) is 11.6. The van der Waals surface area contributed by atoms with Gasteiger partial charge in [0.15, 0.2) is 11.6 Å². The highest BCUT2D eigenvalue weighted by atomic mass is 19.3. The van der Waals surface area contributed by atoms with Gasteiger partial charge in [0.1, 0.15) is 0 Å². The quantitative estimate of drug-likeness (QED) is 0.229. The van der Waals surface area contributed by atoms with Crippen LogP contribution in [0.25, 0.3) is 22.3 Å². The Morgan fingerprint density at radius 1 is 0.800 bits per heavy atom. The summed E-state index contributed by atoms with van der Waals surface area (Å²) in [5.74, 6) is -1.55. The first-order valence-corrected chi connectivity index (χ1v) is 12.3. The summed E-state index contributed by atoms with van der Waals surface area (Å²) in [5.41, 5.74) is 4.03. The van der Waals surface area contributed by atoms with Gasteiger partial charge in [0.05, 0.1) is 6.61 Å². The van der Waals surface area contributed by atoms with E-state index in [0.717, 1.165) is 55.7 Å². The molecule has 3 aromatic carbocycles. The Labute approximate surface area is 204 Å². The lowest BCUT2D eigenvalue weighted by Gasteiger charge is -2.27. The third-order valence-electron chi connectivity index (χ3n) is 6.85. The molecular weight excluding hydrogens is 452 g/mol. The summed E-state index contributed by atoms with van der Waals surface area (Å²) < 4.78 is 59.5. The summed E-state index contributed by atoms with van der Waals surface area (Å²) in [5, 5.41) is 0. The third kappa shape index (κ3) is 6.14. The molecule has 1 saturated carbocycles. The second-order valence-electron chi connectivity index (χ2n) is 9.21. The summed E-state index contributed by atoms with van der Waals surface area (Å²) in [6.07, 6.45) is 4.61. The van der Waals surface area contributed by atoms with E-state index in [1.54, 1.807) is 18.2 Å². The molecule has 0 radical (unpaired) electrons. The van der Waals surface area contributed by atoms with Crippen LogP contribution in [0.5, 0.6) is 5.75 Å². The van der Waals surface area contributed by atoms with Gasteiger partial charge in [-0.05, 0) is 84.4 Å². The molecule has 0 aliphatic heterocycles. The molecule has 0 saturated heterocycles. The molecule has 0 N–H and O–H groups in total. The molecule has 1 fully saturated rings. The van der Waals surface area contributed by atoms with Gasteiger partial charge in [-0.2, -0.15) is 13.2 Å². The van der Waals surface area contributed by atoms with Crippen molar-refractivity contribution in [3.05, 3.63) is 90.0 Å². The zero-order valence-corrected chi connectivity index (χ0v) is 19.9. The summed E-state index contributed by atoms with van der Waals surface area (Å²) in [6.45, 7) is 2.36. The fraction of sp³-hybridized carbons (Fsp3) is 0.333. The van der Waals surface area contributed by atoms with Crippen LogP contribution < -0.4 is 4.74 Å². The maximum absolute atomic E-state index is 14.7. The van der Waals surface area contributed by atoms with E-state index in [-0.39, 0.29) is 17.2 Å². The maximum atomic E-state index is 14.7. The number of benzene rings is 3. The molecule has 0 aromatic heterocycles. The summed E-state index contributed by atoms with van der Waals surface area (Å²) in [4.78, 5) is 0. The van der Waals surface area contributed by atoms with Gasteiger partial charge in [0.2, 0.25) is 5.82 Å². The number of halogens is 4. The normalized spacial score (nSPS) is 17.7. The van der Waals surface area contributed by atoms with Gasteiger partial charge in [0, 0.05) is 5.56 Å². The van der Waals surface area contributed by atoms with E-state index < -0.39 is 17.7 Å². The molecule has 0 spiro atoms. The van der Waals surface area contributed by atoms with Crippen molar-refractivity contribution in [2.24, 2.45) is 5.92 Å². The molecule has 4 rings (SSSR count). The Kier molecular flexibility index (Phi) is 8.27. The highest BCUT2D eigenvalue weighted by Crippen LogP contribution is 2.38. The zero-order valence-electron chi connectivity index (χ0n) is 19.9. The van der Waals surface area contributed by atoms with E-state index in [4.69, 9.17) is 4.74 Å². The highest BCUT2D eigenvalue weighted by Gasteiger charge is 2.22. The fourth-order valence-corrected chi connectivity index (χ4v) is 4.78. The van der Waals surface area contributed by atoms with E-state index in [9.17, 15) is 17.6 Å². The first-order chi connectivity index (χ1) is 17.0. The minimum Gasteiger partial charge on any atom is -0.490 e. The van der Waals surface area contributed by atoms with E-state index >= 15 is 0 Å². The molecular formula is C30H30F4O. The van der Waals surface area contributed by atoms with Crippen molar-refractivity contribution in [1.29, 1.82) is 0 Å². The molecule has 0 unspecified atom stereocenters. The molecule has 1 aliphatic rings. The maximum Gasteiger partial charge on any atom is 0.266 e. The molecule has 3 aromatic rings. The van der Waals surface area contributed by atoms with Gasteiger partial charge in [-0.25, -0.2) is 4.39 Å². The molecule has 0 heterocycles. The number of hydrogen-bond donors (Lipinski definition) is 0. The van der Waals surface area contributed by atoms with Crippen molar-refractivity contribution in [2.75, 3.05) is 6.61 Å². The van der Waals surface area contributed by atoms with E-state index in [1.165, 1.54) is 11.6 Å². The number of hydrogen-bond acceptors (Lipinski definition) is 1. The van der Waals surface area contributed by atoms with Gasteiger partial charge in [-0.3, -0.25) is 0 Å². The summed E-state index contributed by atoms with van der Waals surface area (Å²) in [7, 11) is 0. The van der Waals surface area contributed by atoms with Crippen LogP contribution in [0.2, 0.25) is 0 Å². The first-order valence-electron chi connectivity index (χ1n) is 12.3. The van der Waals surface area contributed by atoms with Crippen LogP contribution >= 0.6 is 0 Å². The number of allylic oxidation sites excluding steroid dienone is 1. The molecule has 184 valence electrons. The van der Waals surface area contributed by atoms with Crippen LogP contribution in [0, 0.1) is 17.6 Å². The Balaban J connectivity index is 1.43.